The highest BCUT2D eigenvalue weighted by Crippen LogP contribution is 2.26. The molecule has 14 heavy (non-hydrogen) atoms. The van der Waals surface area contributed by atoms with Gasteiger partial charge in [0.05, 0.1) is 16.1 Å². The van der Waals surface area contributed by atoms with E-state index in [4.69, 9.17) is 11.6 Å². The van der Waals surface area contributed by atoms with Gasteiger partial charge >= 0.3 is 5.97 Å². The SMILES string of the molecule is CCOC(=O)c1c(Cl)ccc(Br)c1F. The largest absolute Gasteiger partial charge is 0.462 e. The average Bonchev–Trinajstić information content (AvgIpc) is 2.13. The summed E-state index contributed by atoms with van der Waals surface area (Å²) >= 11 is 8.63. The lowest BCUT2D eigenvalue weighted by Gasteiger charge is -2.06. The van der Waals surface area contributed by atoms with Gasteiger partial charge in [0.25, 0.3) is 0 Å². The first-order valence-electron chi connectivity index (χ1n) is 3.88. The van der Waals surface area contributed by atoms with Crippen LogP contribution in [0, 0.1) is 5.82 Å². The van der Waals surface area contributed by atoms with Crippen LogP contribution in [0.25, 0.3) is 0 Å². The predicted octanol–water partition coefficient (Wildman–Crippen LogP) is 3.42. The van der Waals surface area contributed by atoms with Crippen molar-refractivity contribution in [1.29, 1.82) is 0 Å². The van der Waals surface area contributed by atoms with Crippen molar-refractivity contribution in [3.63, 3.8) is 0 Å². The molecule has 1 rings (SSSR count). The number of carbonyl (C=O) groups excluding carboxylic acids is 1. The minimum Gasteiger partial charge on any atom is -0.462 e. The van der Waals surface area contributed by atoms with Crippen molar-refractivity contribution in [2.45, 2.75) is 6.92 Å². The number of ether oxygens (including phenoxy) is 1. The van der Waals surface area contributed by atoms with E-state index in [1.807, 2.05) is 0 Å². The zero-order valence-electron chi connectivity index (χ0n) is 7.31. The molecule has 0 atom stereocenters. The summed E-state index contributed by atoms with van der Waals surface area (Å²) < 4.78 is 18.2. The maximum atomic E-state index is 13.4. The van der Waals surface area contributed by atoms with Crippen LogP contribution in [-0.4, -0.2) is 12.6 Å². The number of benzene rings is 1. The van der Waals surface area contributed by atoms with Crippen molar-refractivity contribution < 1.29 is 13.9 Å². The lowest BCUT2D eigenvalue weighted by atomic mass is 10.2. The standard InChI is InChI=1S/C9H7BrClFO2/c1-2-14-9(13)7-6(11)4-3-5(10)8(7)12/h3-4H,2H2,1H3. The van der Waals surface area contributed by atoms with E-state index in [0.29, 0.717) is 0 Å². The molecular formula is C9H7BrClFO2. The molecule has 1 aromatic carbocycles. The number of carbonyl (C=O) groups is 1. The highest BCUT2D eigenvalue weighted by atomic mass is 79.9. The Morgan fingerprint density at radius 2 is 2.29 bits per heavy atom. The molecule has 0 aliphatic heterocycles. The van der Waals surface area contributed by atoms with Crippen molar-refractivity contribution in [2.75, 3.05) is 6.61 Å². The Morgan fingerprint density at radius 1 is 1.64 bits per heavy atom. The summed E-state index contributed by atoms with van der Waals surface area (Å²) in [4.78, 5) is 11.3. The molecule has 0 fully saturated rings. The molecule has 0 N–H and O–H groups in total. The van der Waals surface area contributed by atoms with Crippen LogP contribution in [0.2, 0.25) is 5.02 Å². The van der Waals surface area contributed by atoms with Gasteiger partial charge in [0.15, 0.2) is 5.82 Å². The Balaban J connectivity index is 3.18. The smallest absolute Gasteiger partial charge is 0.342 e. The number of esters is 1. The number of halogens is 3. The number of rotatable bonds is 2. The molecule has 2 nitrogen and oxygen atoms in total. The van der Waals surface area contributed by atoms with Gasteiger partial charge in [-0.05, 0) is 35.0 Å². The first-order valence-corrected chi connectivity index (χ1v) is 5.05. The zero-order chi connectivity index (χ0) is 10.7. The van der Waals surface area contributed by atoms with Crippen LogP contribution in [0.5, 0.6) is 0 Å². The summed E-state index contributed by atoms with van der Waals surface area (Å²) in [5.41, 5.74) is -0.233. The molecule has 0 spiro atoms. The minimum absolute atomic E-state index is 0.0455. The molecule has 0 aliphatic rings. The molecule has 5 heteroatoms. The Labute approximate surface area is 94.1 Å². The Kier molecular flexibility index (Phi) is 3.89. The molecule has 0 unspecified atom stereocenters. The Morgan fingerprint density at radius 3 is 2.86 bits per heavy atom. The molecule has 0 saturated heterocycles. The second-order valence-electron chi connectivity index (χ2n) is 2.44. The third-order valence-electron chi connectivity index (χ3n) is 1.52. The second kappa shape index (κ2) is 4.75. The molecule has 0 aromatic heterocycles. The van der Waals surface area contributed by atoms with Gasteiger partial charge in [-0.1, -0.05) is 11.6 Å². The fourth-order valence-corrected chi connectivity index (χ4v) is 1.47. The van der Waals surface area contributed by atoms with E-state index in [1.54, 1.807) is 6.92 Å². The fourth-order valence-electron chi connectivity index (χ4n) is 0.917. The third kappa shape index (κ3) is 2.25. The molecule has 0 amide bonds. The second-order valence-corrected chi connectivity index (χ2v) is 3.70. The van der Waals surface area contributed by atoms with Gasteiger partial charge in [-0.15, -0.1) is 0 Å². The van der Waals surface area contributed by atoms with Crippen molar-refractivity contribution in [1.82, 2.24) is 0 Å². The van der Waals surface area contributed by atoms with Crippen molar-refractivity contribution >= 4 is 33.5 Å². The van der Waals surface area contributed by atoms with E-state index in [-0.39, 0.29) is 21.7 Å². The topological polar surface area (TPSA) is 26.3 Å². The van der Waals surface area contributed by atoms with Gasteiger partial charge in [0.2, 0.25) is 0 Å². The molecule has 0 aliphatic carbocycles. The quantitative estimate of drug-likeness (QED) is 0.613. The summed E-state index contributed by atoms with van der Waals surface area (Å²) in [6, 6.07) is 2.86. The zero-order valence-corrected chi connectivity index (χ0v) is 9.65. The highest BCUT2D eigenvalue weighted by Gasteiger charge is 2.19. The van der Waals surface area contributed by atoms with Gasteiger partial charge in [-0.3, -0.25) is 0 Å². The molecule has 76 valence electrons. The number of hydrogen-bond donors (Lipinski definition) is 0. The van der Waals surface area contributed by atoms with Crippen LogP contribution in [-0.2, 0) is 4.74 Å². The van der Waals surface area contributed by atoms with E-state index in [0.717, 1.165) is 0 Å². The van der Waals surface area contributed by atoms with Crippen LogP contribution in [0.3, 0.4) is 0 Å². The summed E-state index contributed by atoms with van der Waals surface area (Å²) in [7, 11) is 0. The van der Waals surface area contributed by atoms with E-state index >= 15 is 0 Å². The summed E-state index contributed by atoms with van der Waals surface area (Å²) in [6.07, 6.45) is 0. The third-order valence-corrected chi connectivity index (χ3v) is 2.45. The molecule has 0 radical (unpaired) electrons. The molecule has 1 aromatic rings. The minimum atomic E-state index is -0.753. The number of hydrogen-bond acceptors (Lipinski definition) is 2. The molecule has 0 saturated carbocycles. The van der Waals surface area contributed by atoms with Gasteiger partial charge < -0.3 is 4.74 Å². The Hall–Kier alpha value is -0.610. The summed E-state index contributed by atoms with van der Waals surface area (Å²) in [5, 5.41) is 0.0455. The van der Waals surface area contributed by atoms with Crippen LogP contribution in [0.15, 0.2) is 16.6 Å². The van der Waals surface area contributed by atoms with E-state index in [2.05, 4.69) is 20.7 Å². The molecule has 0 heterocycles. The van der Waals surface area contributed by atoms with E-state index in [9.17, 15) is 9.18 Å². The van der Waals surface area contributed by atoms with Crippen LogP contribution in [0.4, 0.5) is 4.39 Å². The first kappa shape index (κ1) is 11.5. The van der Waals surface area contributed by atoms with E-state index < -0.39 is 11.8 Å². The first-order chi connectivity index (χ1) is 6.57. The summed E-state index contributed by atoms with van der Waals surface area (Å²) in [6.45, 7) is 1.82. The van der Waals surface area contributed by atoms with Crippen molar-refractivity contribution in [2.24, 2.45) is 0 Å². The van der Waals surface area contributed by atoms with Crippen molar-refractivity contribution in [3.05, 3.63) is 33.0 Å². The maximum Gasteiger partial charge on any atom is 0.342 e. The van der Waals surface area contributed by atoms with Crippen LogP contribution >= 0.6 is 27.5 Å². The average molecular weight is 282 g/mol. The van der Waals surface area contributed by atoms with Crippen LogP contribution in [0.1, 0.15) is 17.3 Å². The van der Waals surface area contributed by atoms with E-state index in [1.165, 1.54) is 12.1 Å². The van der Waals surface area contributed by atoms with Gasteiger partial charge in [0, 0.05) is 0 Å². The normalized spacial score (nSPS) is 10.0. The monoisotopic (exact) mass is 280 g/mol. The molecule has 0 bridgehead atoms. The van der Waals surface area contributed by atoms with Crippen molar-refractivity contribution in [3.8, 4) is 0 Å². The Bertz CT molecular complexity index is 368. The molecular weight excluding hydrogens is 274 g/mol. The van der Waals surface area contributed by atoms with Gasteiger partial charge in [-0.25, -0.2) is 9.18 Å². The predicted molar refractivity (Wildman–Crippen MR) is 55.1 cm³/mol. The highest BCUT2D eigenvalue weighted by molar-refractivity contribution is 9.10. The lowest BCUT2D eigenvalue weighted by molar-refractivity contribution is 0.0521. The summed E-state index contributed by atoms with van der Waals surface area (Å²) in [5.74, 6) is -1.45. The van der Waals surface area contributed by atoms with Gasteiger partial charge in [-0.2, -0.15) is 0 Å². The lowest BCUT2D eigenvalue weighted by Crippen LogP contribution is -2.08. The van der Waals surface area contributed by atoms with Gasteiger partial charge in [0.1, 0.15) is 5.56 Å². The van der Waals surface area contributed by atoms with Crippen LogP contribution < -0.4 is 0 Å². The maximum absolute atomic E-state index is 13.4. The fraction of sp³-hybridized carbons (Fsp3) is 0.222.